The van der Waals surface area contributed by atoms with Crippen LogP contribution < -0.4 is 9.47 Å². The molecule has 4 fully saturated rings. The molecule has 4 aliphatic carbocycles. The van der Waals surface area contributed by atoms with Gasteiger partial charge in [0, 0.05) is 5.41 Å². The van der Waals surface area contributed by atoms with E-state index in [9.17, 15) is 4.79 Å². The number of methoxy groups -OCH3 is 1. The average molecular weight is 381 g/mol. The molecule has 0 aromatic heterocycles. The monoisotopic (exact) mass is 381 g/mol. The van der Waals surface area contributed by atoms with Crippen molar-refractivity contribution in [1.29, 1.82) is 0 Å². The van der Waals surface area contributed by atoms with Gasteiger partial charge in [0.1, 0.15) is 0 Å². The minimum absolute atomic E-state index is 0.00346. The Morgan fingerprint density at radius 3 is 2.43 bits per heavy atom. The van der Waals surface area contributed by atoms with Gasteiger partial charge in [-0.3, -0.25) is 0 Å². The van der Waals surface area contributed by atoms with Crippen molar-refractivity contribution in [2.75, 3.05) is 13.7 Å². The van der Waals surface area contributed by atoms with Crippen LogP contribution >= 0.6 is 0 Å². The highest BCUT2D eigenvalue weighted by Gasteiger charge is 2.55. The Balaban J connectivity index is 1.44. The maximum Gasteiger partial charge on any atom is 0.363 e. The first kappa shape index (κ1) is 17.8. The number of cyclic esters (lactones) is 1. The normalized spacial score (nSPS) is 34.5. The largest absolute Gasteiger partial charge is 0.493 e. The SMILES string of the molecule is CCOc1ccc(/C=C2\N=C(C34CC5CC(CC(C5)C3)C4)OC2=O)cc1OC. The third-order valence-corrected chi connectivity index (χ3v) is 6.90. The van der Waals surface area contributed by atoms with Crippen molar-refractivity contribution in [3.8, 4) is 11.5 Å². The molecule has 0 unspecified atom stereocenters. The van der Waals surface area contributed by atoms with Gasteiger partial charge in [0.15, 0.2) is 17.2 Å². The molecule has 0 radical (unpaired) electrons. The van der Waals surface area contributed by atoms with Crippen molar-refractivity contribution in [2.45, 2.75) is 45.4 Å². The van der Waals surface area contributed by atoms with Gasteiger partial charge < -0.3 is 14.2 Å². The summed E-state index contributed by atoms with van der Waals surface area (Å²) in [6, 6.07) is 5.63. The molecule has 4 saturated carbocycles. The fourth-order valence-electron chi connectivity index (χ4n) is 6.22. The Kier molecular flexibility index (Phi) is 4.22. The van der Waals surface area contributed by atoms with Crippen LogP contribution in [0.3, 0.4) is 0 Å². The van der Waals surface area contributed by atoms with Gasteiger partial charge in [0.05, 0.1) is 13.7 Å². The zero-order valence-corrected chi connectivity index (χ0v) is 16.6. The summed E-state index contributed by atoms with van der Waals surface area (Å²) in [7, 11) is 1.61. The molecule has 148 valence electrons. The molecule has 5 nitrogen and oxygen atoms in total. The third kappa shape index (κ3) is 2.92. The molecule has 1 aromatic rings. The summed E-state index contributed by atoms with van der Waals surface area (Å²) < 4.78 is 16.7. The molecule has 1 heterocycles. The Morgan fingerprint density at radius 1 is 1.14 bits per heavy atom. The molecule has 0 saturated heterocycles. The fraction of sp³-hybridized carbons (Fsp3) is 0.565. The Labute approximate surface area is 165 Å². The van der Waals surface area contributed by atoms with Crippen molar-refractivity contribution >= 4 is 17.9 Å². The van der Waals surface area contributed by atoms with Crippen LogP contribution in [0.15, 0.2) is 28.9 Å². The molecule has 0 spiro atoms. The second kappa shape index (κ2) is 6.64. The predicted octanol–water partition coefficient (Wildman–Crippen LogP) is 4.61. The quantitative estimate of drug-likeness (QED) is 0.552. The summed E-state index contributed by atoms with van der Waals surface area (Å²) in [5.41, 5.74) is 1.23. The van der Waals surface area contributed by atoms with Crippen LogP contribution in [0.4, 0.5) is 0 Å². The first-order chi connectivity index (χ1) is 13.6. The maximum atomic E-state index is 12.5. The minimum atomic E-state index is -0.335. The zero-order valence-electron chi connectivity index (χ0n) is 16.6. The van der Waals surface area contributed by atoms with Crippen LogP contribution in [0.2, 0.25) is 0 Å². The highest BCUT2D eigenvalue weighted by Crippen LogP contribution is 2.61. The second-order valence-electron chi connectivity index (χ2n) is 8.88. The Bertz CT molecular complexity index is 834. The van der Waals surface area contributed by atoms with Gasteiger partial charge in [-0.15, -0.1) is 0 Å². The van der Waals surface area contributed by atoms with Gasteiger partial charge >= 0.3 is 5.97 Å². The van der Waals surface area contributed by atoms with E-state index in [1.54, 1.807) is 13.2 Å². The molecule has 1 aliphatic heterocycles. The summed E-state index contributed by atoms with van der Waals surface area (Å²) in [5, 5.41) is 0. The van der Waals surface area contributed by atoms with E-state index >= 15 is 0 Å². The highest BCUT2D eigenvalue weighted by molar-refractivity contribution is 6.09. The number of esters is 1. The van der Waals surface area contributed by atoms with E-state index in [1.807, 2.05) is 25.1 Å². The van der Waals surface area contributed by atoms with Crippen LogP contribution in [0.25, 0.3) is 6.08 Å². The lowest BCUT2D eigenvalue weighted by Gasteiger charge is -2.55. The summed E-state index contributed by atoms with van der Waals surface area (Å²) in [5.74, 6) is 4.05. The highest BCUT2D eigenvalue weighted by atomic mass is 16.6. The van der Waals surface area contributed by atoms with Crippen molar-refractivity contribution in [3.05, 3.63) is 29.5 Å². The molecule has 4 bridgehead atoms. The van der Waals surface area contributed by atoms with E-state index in [-0.39, 0.29) is 11.4 Å². The van der Waals surface area contributed by atoms with Gasteiger partial charge in [-0.1, -0.05) is 6.07 Å². The van der Waals surface area contributed by atoms with Gasteiger partial charge in [-0.2, -0.15) is 0 Å². The van der Waals surface area contributed by atoms with Crippen LogP contribution in [0, 0.1) is 23.2 Å². The number of rotatable bonds is 5. The van der Waals surface area contributed by atoms with Crippen molar-refractivity contribution in [1.82, 2.24) is 0 Å². The summed E-state index contributed by atoms with van der Waals surface area (Å²) in [4.78, 5) is 17.2. The number of nitrogens with zero attached hydrogens (tertiary/aromatic N) is 1. The second-order valence-corrected chi connectivity index (χ2v) is 8.88. The summed E-state index contributed by atoms with van der Waals surface area (Å²) >= 11 is 0. The lowest BCUT2D eigenvalue weighted by atomic mass is 9.49. The standard InChI is InChI=1S/C23H27NO4/c1-3-27-19-5-4-14(10-20(19)26-2)9-18-21(25)28-22(24-18)23-11-15-6-16(12-23)8-17(7-15)13-23/h4-5,9-10,15-17H,3,6-8,11-13H2,1-2H3/b18-9-. The summed E-state index contributed by atoms with van der Waals surface area (Å²) in [6.45, 7) is 2.51. The molecule has 6 rings (SSSR count). The molecule has 0 amide bonds. The smallest absolute Gasteiger partial charge is 0.363 e. The molecular formula is C23H27NO4. The number of carbonyl (C=O) groups is 1. The molecule has 5 aliphatic rings. The van der Waals surface area contributed by atoms with Crippen LogP contribution in [-0.2, 0) is 9.53 Å². The van der Waals surface area contributed by atoms with Gasteiger partial charge in [-0.05, 0) is 87.0 Å². The van der Waals surface area contributed by atoms with Crippen molar-refractivity contribution in [2.24, 2.45) is 28.2 Å². The number of carbonyl (C=O) groups excluding carboxylic acids is 1. The number of hydrogen-bond donors (Lipinski definition) is 0. The topological polar surface area (TPSA) is 57.1 Å². The van der Waals surface area contributed by atoms with Gasteiger partial charge in [0.2, 0.25) is 5.90 Å². The van der Waals surface area contributed by atoms with E-state index in [0.717, 1.165) is 42.6 Å². The van der Waals surface area contributed by atoms with E-state index < -0.39 is 0 Å². The Morgan fingerprint density at radius 2 is 1.82 bits per heavy atom. The molecule has 0 N–H and O–H groups in total. The maximum absolute atomic E-state index is 12.5. The van der Waals surface area contributed by atoms with E-state index in [1.165, 1.54) is 19.3 Å². The number of hydrogen-bond acceptors (Lipinski definition) is 5. The molecule has 1 aromatic carbocycles. The number of benzene rings is 1. The molecule has 5 heteroatoms. The van der Waals surface area contributed by atoms with Crippen LogP contribution in [-0.4, -0.2) is 25.6 Å². The van der Waals surface area contributed by atoms with Crippen LogP contribution in [0.1, 0.15) is 51.0 Å². The summed E-state index contributed by atoms with van der Waals surface area (Å²) in [6.07, 6.45) is 9.26. The first-order valence-corrected chi connectivity index (χ1v) is 10.4. The van der Waals surface area contributed by atoms with Gasteiger partial charge in [0.25, 0.3) is 0 Å². The minimum Gasteiger partial charge on any atom is -0.493 e. The zero-order chi connectivity index (χ0) is 19.3. The molecule has 0 atom stereocenters. The number of ether oxygens (including phenoxy) is 3. The first-order valence-electron chi connectivity index (χ1n) is 10.4. The van der Waals surface area contributed by atoms with Crippen LogP contribution in [0.5, 0.6) is 11.5 Å². The fourth-order valence-corrected chi connectivity index (χ4v) is 6.22. The van der Waals surface area contributed by atoms with Crippen molar-refractivity contribution in [3.63, 3.8) is 0 Å². The predicted molar refractivity (Wildman–Crippen MR) is 106 cm³/mol. The molecular weight excluding hydrogens is 354 g/mol. The van der Waals surface area contributed by atoms with Gasteiger partial charge in [-0.25, -0.2) is 9.79 Å². The van der Waals surface area contributed by atoms with E-state index in [4.69, 9.17) is 19.2 Å². The lowest BCUT2D eigenvalue weighted by molar-refractivity contribution is -0.131. The Hall–Kier alpha value is -2.30. The lowest BCUT2D eigenvalue weighted by Crippen LogP contribution is -2.50. The molecule has 28 heavy (non-hydrogen) atoms. The van der Waals surface area contributed by atoms with E-state index in [0.29, 0.717) is 29.7 Å². The van der Waals surface area contributed by atoms with E-state index in [2.05, 4.69) is 0 Å². The third-order valence-electron chi connectivity index (χ3n) is 6.90. The number of aliphatic imine (C=N–C) groups is 1. The van der Waals surface area contributed by atoms with Crippen molar-refractivity contribution < 1.29 is 19.0 Å². The average Bonchev–Trinajstić information content (AvgIpc) is 3.03.